The van der Waals surface area contributed by atoms with Crippen LogP contribution in [0.25, 0.3) is 0 Å². The summed E-state index contributed by atoms with van der Waals surface area (Å²) in [5.74, 6) is 0.769. The summed E-state index contributed by atoms with van der Waals surface area (Å²) in [7, 11) is 0. The average Bonchev–Trinajstić information content (AvgIpc) is 2.27. The van der Waals surface area contributed by atoms with E-state index in [1.165, 1.54) is 11.1 Å². The molecule has 0 N–H and O–H groups in total. The maximum atomic E-state index is 10.7. The molecule has 1 aliphatic carbocycles. The van der Waals surface area contributed by atoms with E-state index in [0.717, 1.165) is 25.5 Å². The van der Waals surface area contributed by atoms with Crippen molar-refractivity contribution in [2.75, 3.05) is 0 Å². The number of carbonyl (C=O) groups is 1. The van der Waals surface area contributed by atoms with Gasteiger partial charge >= 0.3 is 0 Å². The maximum absolute atomic E-state index is 10.7. The van der Waals surface area contributed by atoms with Crippen molar-refractivity contribution in [3.8, 4) is 0 Å². The van der Waals surface area contributed by atoms with Crippen LogP contribution in [0, 0.1) is 11.8 Å². The lowest BCUT2D eigenvalue weighted by Gasteiger charge is -2.26. The minimum Gasteiger partial charge on any atom is -0.303 e. The van der Waals surface area contributed by atoms with Crippen LogP contribution in [0.2, 0.25) is 0 Å². The molecule has 0 fully saturated rings. The Bertz CT molecular complexity index is 330. The minimum atomic E-state index is 0.211. The number of hydrogen-bond acceptors (Lipinski definition) is 1. The fraction of sp³-hybridized carbons (Fsp3) is 0.462. The molecule has 0 spiro atoms. The normalized spacial score (nSPS) is 22.5. The largest absolute Gasteiger partial charge is 0.303 e. The van der Waals surface area contributed by atoms with Crippen LogP contribution < -0.4 is 0 Å². The highest BCUT2D eigenvalue weighted by Gasteiger charge is 2.22. The molecule has 1 heteroatoms. The Balaban J connectivity index is 2.17. The van der Waals surface area contributed by atoms with Crippen molar-refractivity contribution >= 4 is 6.29 Å². The van der Waals surface area contributed by atoms with Gasteiger partial charge in [-0.05, 0) is 36.3 Å². The van der Waals surface area contributed by atoms with Crippen LogP contribution in [0.4, 0.5) is 0 Å². The Kier molecular flexibility index (Phi) is 2.67. The van der Waals surface area contributed by atoms with Gasteiger partial charge in [-0.15, -0.1) is 0 Å². The maximum Gasteiger partial charge on any atom is 0.123 e. The zero-order valence-electron chi connectivity index (χ0n) is 8.57. The van der Waals surface area contributed by atoms with E-state index in [0.29, 0.717) is 5.92 Å². The molecule has 0 saturated heterocycles. The van der Waals surface area contributed by atoms with Gasteiger partial charge in [0.2, 0.25) is 0 Å². The molecule has 1 aromatic rings. The standard InChI is InChI=1S/C13H16O/c1-10(9-14)12-7-6-11-4-2-3-5-13(11)8-12/h2-5,9-10,12H,6-8H2,1H3. The highest BCUT2D eigenvalue weighted by atomic mass is 16.1. The number of aryl methyl sites for hydroxylation is 1. The summed E-state index contributed by atoms with van der Waals surface area (Å²) in [6, 6.07) is 8.59. The third-order valence-corrected chi connectivity index (χ3v) is 3.34. The first-order valence-corrected chi connectivity index (χ1v) is 5.33. The fourth-order valence-corrected chi connectivity index (χ4v) is 2.29. The van der Waals surface area contributed by atoms with Crippen LogP contribution >= 0.6 is 0 Å². The van der Waals surface area contributed by atoms with E-state index in [2.05, 4.69) is 24.3 Å². The molecular formula is C13H16O. The van der Waals surface area contributed by atoms with Crippen LogP contribution in [0.15, 0.2) is 24.3 Å². The topological polar surface area (TPSA) is 17.1 Å². The predicted molar refractivity (Wildman–Crippen MR) is 57.2 cm³/mol. The van der Waals surface area contributed by atoms with Gasteiger partial charge in [-0.1, -0.05) is 31.2 Å². The van der Waals surface area contributed by atoms with Crippen LogP contribution in [-0.2, 0) is 17.6 Å². The van der Waals surface area contributed by atoms with E-state index in [1.54, 1.807) is 0 Å². The van der Waals surface area contributed by atoms with Crippen molar-refractivity contribution in [1.82, 2.24) is 0 Å². The van der Waals surface area contributed by atoms with E-state index in [-0.39, 0.29) is 5.92 Å². The summed E-state index contributed by atoms with van der Waals surface area (Å²) in [5, 5.41) is 0. The Labute approximate surface area is 85.1 Å². The Morgan fingerprint density at radius 3 is 2.79 bits per heavy atom. The monoisotopic (exact) mass is 188 g/mol. The van der Waals surface area contributed by atoms with E-state index < -0.39 is 0 Å². The molecule has 0 radical (unpaired) electrons. The van der Waals surface area contributed by atoms with E-state index in [9.17, 15) is 4.79 Å². The zero-order valence-corrected chi connectivity index (χ0v) is 8.57. The molecular weight excluding hydrogens is 172 g/mol. The second-order valence-electron chi connectivity index (χ2n) is 4.27. The Morgan fingerprint density at radius 1 is 1.36 bits per heavy atom. The molecule has 14 heavy (non-hydrogen) atoms. The quantitative estimate of drug-likeness (QED) is 0.652. The van der Waals surface area contributed by atoms with Crippen molar-refractivity contribution < 1.29 is 4.79 Å². The van der Waals surface area contributed by atoms with E-state index >= 15 is 0 Å². The lowest BCUT2D eigenvalue weighted by molar-refractivity contribution is -0.112. The molecule has 0 aliphatic heterocycles. The molecule has 0 bridgehead atoms. The summed E-state index contributed by atoms with van der Waals surface area (Å²) in [6.07, 6.45) is 4.48. The second-order valence-corrected chi connectivity index (χ2v) is 4.27. The van der Waals surface area contributed by atoms with Crippen LogP contribution in [0.1, 0.15) is 24.5 Å². The smallest absolute Gasteiger partial charge is 0.123 e. The summed E-state index contributed by atoms with van der Waals surface area (Å²) in [5.41, 5.74) is 2.92. The summed E-state index contributed by atoms with van der Waals surface area (Å²) < 4.78 is 0. The highest BCUT2D eigenvalue weighted by molar-refractivity contribution is 5.53. The number of aldehydes is 1. The third-order valence-electron chi connectivity index (χ3n) is 3.34. The first-order valence-electron chi connectivity index (χ1n) is 5.33. The molecule has 2 atom stereocenters. The molecule has 0 saturated carbocycles. The molecule has 0 amide bonds. The highest BCUT2D eigenvalue weighted by Crippen LogP contribution is 2.29. The molecule has 1 nitrogen and oxygen atoms in total. The molecule has 1 aliphatic rings. The first kappa shape index (κ1) is 9.45. The van der Waals surface area contributed by atoms with Gasteiger partial charge in [0.1, 0.15) is 6.29 Å². The van der Waals surface area contributed by atoms with E-state index in [4.69, 9.17) is 0 Å². The van der Waals surface area contributed by atoms with Crippen molar-refractivity contribution in [3.63, 3.8) is 0 Å². The van der Waals surface area contributed by atoms with Gasteiger partial charge in [0.15, 0.2) is 0 Å². The fourth-order valence-electron chi connectivity index (χ4n) is 2.29. The lowest BCUT2D eigenvalue weighted by Crippen LogP contribution is -2.21. The third kappa shape index (κ3) is 1.72. The Morgan fingerprint density at radius 2 is 2.07 bits per heavy atom. The SMILES string of the molecule is CC(C=O)C1CCc2ccccc2C1. The molecule has 74 valence electrons. The van der Waals surface area contributed by atoms with Crippen molar-refractivity contribution in [3.05, 3.63) is 35.4 Å². The van der Waals surface area contributed by atoms with Gasteiger partial charge in [-0.2, -0.15) is 0 Å². The van der Waals surface area contributed by atoms with Crippen LogP contribution in [0.3, 0.4) is 0 Å². The van der Waals surface area contributed by atoms with Crippen molar-refractivity contribution in [1.29, 1.82) is 0 Å². The number of rotatable bonds is 2. The number of hydrogen-bond donors (Lipinski definition) is 0. The number of carbonyl (C=O) groups excluding carboxylic acids is 1. The predicted octanol–water partition coefficient (Wildman–Crippen LogP) is 2.63. The van der Waals surface area contributed by atoms with Gasteiger partial charge in [0.05, 0.1) is 0 Å². The average molecular weight is 188 g/mol. The molecule has 2 rings (SSSR count). The van der Waals surface area contributed by atoms with Crippen molar-refractivity contribution in [2.45, 2.75) is 26.2 Å². The van der Waals surface area contributed by atoms with Crippen molar-refractivity contribution in [2.24, 2.45) is 11.8 Å². The zero-order chi connectivity index (χ0) is 9.97. The lowest BCUT2D eigenvalue weighted by atomic mass is 9.78. The van der Waals surface area contributed by atoms with Gasteiger partial charge in [-0.25, -0.2) is 0 Å². The first-order chi connectivity index (χ1) is 6.81. The number of benzene rings is 1. The second kappa shape index (κ2) is 3.95. The number of fused-ring (bicyclic) bond motifs is 1. The van der Waals surface area contributed by atoms with Crippen LogP contribution in [0.5, 0.6) is 0 Å². The molecule has 0 heterocycles. The van der Waals surface area contributed by atoms with Crippen LogP contribution in [-0.4, -0.2) is 6.29 Å². The summed E-state index contributed by atoms with van der Waals surface area (Å²) in [6.45, 7) is 2.03. The molecule has 0 aromatic heterocycles. The summed E-state index contributed by atoms with van der Waals surface area (Å²) >= 11 is 0. The minimum absolute atomic E-state index is 0.211. The molecule has 1 aromatic carbocycles. The van der Waals surface area contributed by atoms with Gasteiger partial charge in [0, 0.05) is 5.92 Å². The Hall–Kier alpha value is -1.11. The summed E-state index contributed by atoms with van der Waals surface area (Å²) in [4.78, 5) is 10.7. The van der Waals surface area contributed by atoms with Gasteiger partial charge in [-0.3, -0.25) is 0 Å². The van der Waals surface area contributed by atoms with Gasteiger partial charge < -0.3 is 4.79 Å². The van der Waals surface area contributed by atoms with Gasteiger partial charge in [0.25, 0.3) is 0 Å². The molecule has 2 unspecified atom stereocenters. The van der Waals surface area contributed by atoms with E-state index in [1.807, 2.05) is 6.92 Å².